The molecular weight excluding hydrogens is 254 g/mol. The molecule has 1 atom stereocenters. The topological polar surface area (TPSA) is 84.2 Å². The minimum atomic E-state index is -0.539. The van der Waals surface area contributed by atoms with Gasteiger partial charge in [-0.05, 0) is 32.2 Å². The Morgan fingerprint density at radius 2 is 1.94 bits per heavy atom. The van der Waals surface area contributed by atoms with Crippen LogP contribution in [0.1, 0.15) is 27.6 Å². The number of carbonyl (C=O) groups excluding carboxylic acids is 2. The highest BCUT2D eigenvalue weighted by Gasteiger charge is 2.08. The van der Waals surface area contributed by atoms with Crippen LogP contribution >= 0.6 is 12.4 Å². The first-order valence-corrected chi connectivity index (χ1v) is 5.40. The monoisotopic (exact) mass is 271 g/mol. The zero-order valence-electron chi connectivity index (χ0n) is 10.4. The third-order valence-corrected chi connectivity index (χ3v) is 2.47. The van der Waals surface area contributed by atoms with Crippen molar-refractivity contribution in [1.82, 2.24) is 10.6 Å². The van der Waals surface area contributed by atoms with E-state index in [1.165, 1.54) is 6.07 Å². The van der Waals surface area contributed by atoms with Crippen LogP contribution in [0.25, 0.3) is 0 Å². The molecule has 0 radical (unpaired) electrons. The van der Waals surface area contributed by atoms with Gasteiger partial charge in [-0.15, -0.1) is 12.4 Å². The standard InChI is InChI=1S/C12H17N3O2.ClH/c1-8(14-2)7-15-12(17)10-5-3-4-9(6-10)11(13)16;/h3-6,8,14H,7H2,1-2H3,(H2,13,16)(H,15,17);1H. The first-order chi connectivity index (χ1) is 8.04. The molecule has 6 heteroatoms. The van der Waals surface area contributed by atoms with E-state index in [0.717, 1.165) is 0 Å². The van der Waals surface area contributed by atoms with Gasteiger partial charge in [0.25, 0.3) is 5.91 Å². The highest BCUT2D eigenvalue weighted by molar-refractivity contribution is 5.99. The number of benzene rings is 1. The van der Waals surface area contributed by atoms with Crippen molar-refractivity contribution in [1.29, 1.82) is 0 Å². The maximum Gasteiger partial charge on any atom is 0.251 e. The van der Waals surface area contributed by atoms with Crippen LogP contribution in [-0.4, -0.2) is 31.4 Å². The molecule has 0 aliphatic heterocycles. The third-order valence-electron chi connectivity index (χ3n) is 2.47. The number of carbonyl (C=O) groups is 2. The molecule has 0 aromatic heterocycles. The Balaban J connectivity index is 0.00000289. The molecule has 0 heterocycles. The fourth-order valence-electron chi connectivity index (χ4n) is 1.26. The lowest BCUT2D eigenvalue weighted by Crippen LogP contribution is -2.37. The summed E-state index contributed by atoms with van der Waals surface area (Å²) in [4.78, 5) is 22.7. The number of amides is 2. The molecule has 0 spiro atoms. The maximum atomic E-state index is 11.7. The van der Waals surface area contributed by atoms with Gasteiger partial charge in [-0.1, -0.05) is 6.07 Å². The van der Waals surface area contributed by atoms with Crippen molar-refractivity contribution >= 4 is 24.2 Å². The van der Waals surface area contributed by atoms with Gasteiger partial charge in [0.1, 0.15) is 0 Å². The molecular formula is C12H18ClN3O2. The van der Waals surface area contributed by atoms with Crippen LogP contribution in [0.4, 0.5) is 0 Å². The summed E-state index contributed by atoms with van der Waals surface area (Å²) < 4.78 is 0. The Bertz CT molecular complexity index is 424. The summed E-state index contributed by atoms with van der Waals surface area (Å²) in [6.45, 7) is 2.48. The van der Waals surface area contributed by atoms with Crippen molar-refractivity contribution in [2.75, 3.05) is 13.6 Å². The van der Waals surface area contributed by atoms with Crippen LogP contribution in [-0.2, 0) is 0 Å². The molecule has 18 heavy (non-hydrogen) atoms. The highest BCUT2D eigenvalue weighted by atomic mass is 35.5. The van der Waals surface area contributed by atoms with Crippen molar-refractivity contribution < 1.29 is 9.59 Å². The SMILES string of the molecule is CNC(C)CNC(=O)c1cccc(C(N)=O)c1.Cl. The quantitative estimate of drug-likeness (QED) is 0.731. The predicted octanol–water partition coefficient (Wildman–Crippen LogP) is 0.545. The fraction of sp³-hybridized carbons (Fsp3) is 0.333. The maximum absolute atomic E-state index is 11.7. The van der Waals surface area contributed by atoms with E-state index in [1.54, 1.807) is 18.2 Å². The molecule has 0 saturated carbocycles. The van der Waals surface area contributed by atoms with Gasteiger partial charge >= 0.3 is 0 Å². The van der Waals surface area contributed by atoms with Crippen molar-refractivity contribution in [3.05, 3.63) is 35.4 Å². The molecule has 4 N–H and O–H groups in total. The molecule has 1 unspecified atom stereocenters. The Labute approximate surface area is 113 Å². The number of nitrogens with one attached hydrogen (secondary N) is 2. The number of rotatable bonds is 5. The average molecular weight is 272 g/mol. The fourth-order valence-corrected chi connectivity index (χ4v) is 1.26. The van der Waals surface area contributed by atoms with E-state index in [0.29, 0.717) is 17.7 Å². The molecule has 1 rings (SSSR count). The first-order valence-electron chi connectivity index (χ1n) is 5.40. The van der Waals surface area contributed by atoms with Gasteiger partial charge in [0.05, 0.1) is 0 Å². The van der Waals surface area contributed by atoms with Gasteiger partial charge in [-0.25, -0.2) is 0 Å². The van der Waals surface area contributed by atoms with E-state index in [9.17, 15) is 9.59 Å². The molecule has 100 valence electrons. The van der Waals surface area contributed by atoms with Crippen LogP contribution in [0.3, 0.4) is 0 Å². The summed E-state index contributed by atoms with van der Waals surface area (Å²) in [6, 6.07) is 6.54. The number of hydrogen-bond acceptors (Lipinski definition) is 3. The minimum absolute atomic E-state index is 0. The minimum Gasteiger partial charge on any atom is -0.366 e. The number of halogens is 1. The van der Waals surface area contributed by atoms with Gasteiger partial charge < -0.3 is 16.4 Å². The molecule has 2 amide bonds. The molecule has 0 aliphatic carbocycles. The van der Waals surface area contributed by atoms with Gasteiger partial charge in [-0.3, -0.25) is 9.59 Å². The van der Waals surface area contributed by atoms with Crippen LogP contribution < -0.4 is 16.4 Å². The van der Waals surface area contributed by atoms with E-state index in [1.807, 2.05) is 14.0 Å². The Hall–Kier alpha value is -1.59. The number of primary amides is 1. The van der Waals surface area contributed by atoms with E-state index < -0.39 is 5.91 Å². The molecule has 0 bridgehead atoms. The normalized spacial score (nSPS) is 11.2. The molecule has 1 aromatic rings. The molecule has 5 nitrogen and oxygen atoms in total. The van der Waals surface area contributed by atoms with Crippen molar-refractivity contribution in [3.63, 3.8) is 0 Å². The summed E-state index contributed by atoms with van der Waals surface area (Å²) in [7, 11) is 1.82. The first kappa shape index (κ1) is 16.4. The van der Waals surface area contributed by atoms with Crippen LogP contribution in [0, 0.1) is 0 Å². The second-order valence-corrected chi connectivity index (χ2v) is 3.84. The zero-order valence-corrected chi connectivity index (χ0v) is 11.2. The molecule has 1 aromatic carbocycles. The molecule has 0 fully saturated rings. The van der Waals surface area contributed by atoms with Gasteiger partial charge in [-0.2, -0.15) is 0 Å². The van der Waals surface area contributed by atoms with Crippen LogP contribution in [0.15, 0.2) is 24.3 Å². The molecule has 0 saturated heterocycles. The molecule has 0 aliphatic rings. The van der Waals surface area contributed by atoms with E-state index >= 15 is 0 Å². The van der Waals surface area contributed by atoms with Crippen LogP contribution in [0.5, 0.6) is 0 Å². The van der Waals surface area contributed by atoms with Gasteiger partial charge in [0.15, 0.2) is 0 Å². The number of likely N-dealkylation sites (N-methyl/N-ethyl adjacent to an activating group) is 1. The number of hydrogen-bond donors (Lipinski definition) is 3. The highest BCUT2D eigenvalue weighted by Crippen LogP contribution is 2.04. The van der Waals surface area contributed by atoms with Crippen molar-refractivity contribution in [3.8, 4) is 0 Å². The smallest absolute Gasteiger partial charge is 0.251 e. The second-order valence-electron chi connectivity index (χ2n) is 3.84. The summed E-state index contributed by atoms with van der Waals surface area (Å²) in [5.74, 6) is -0.751. The summed E-state index contributed by atoms with van der Waals surface area (Å²) >= 11 is 0. The Morgan fingerprint density at radius 3 is 2.50 bits per heavy atom. The van der Waals surface area contributed by atoms with Crippen molar-refractivity contribution in [2.24, 2.45) is 5.73 Å². The third kappa shape index (κ3) is 4.73. The Morgan fingerprint density at radius 1 is 1.33 bits per heavy atom. The van der Waals surface area contributed by atoms with E-state index in [2.05, 4.69) is 10.6 Å². The largest absolute Gasteiger partial charge is 0.366 e. The lowest BCUT2D eigenvalue weighted by molar-refractivity contribution is 0.0950. The van der Waals surface area contributed by atoms with Gasteiger partial charge in [0, 0.05) is 23.7 Å². The summed E-state index contributed by atoms with van der Waals surface area (Å²) in [5, 5.41) is 5.77. The van der Waals surface area contributed by atoms with Gasteiger partial charge in [0.2, 0.25) is 5.91 Å². The average Bonchev–Trinajstić information content (AvgIpc) is 2.35. The lowest BCUT2D eigenvalue weighted by atomic mass is 10.1. The number of nitrogens with two attached hydrogens (primary N) is 1. The van der Waals surface area contributed by atoms with E-state index in [-0.39, 0.29) is 24.4 Å². The summed E-state index contributed by atoms with van der Waals surface area (Å²) in [6.07, 6.45) is 0. The second kappa shape index (κ2) is 7.68. The lowest BCUT2D eigenvalue weighted by Gasteiger charge is -2.11. The van der Waals surface area contributed by atoms with E-state index in [4.69, 9.17) is 5.73 Å². The Kier molecular flexibility index (Phi) is 7.00. The van der Waals surface area contributed by atoms with Crippen molar-refractivity contribution in [2.45, 2.75) is 13.0 Å². The predicted molar refractivity (Wildman–Crippen MR) is 73.1 cm³/mol. The zero-order chi connectivity index (χ0) is 12.8. The summed E-state index contributed by atoms with van der Waals surface area (Å²) in [5.41, 5.74) is 5.91. The van der Waals surface area contributed by atoms with Crippen LogP contribution in [0.2, 0.25) is 0 Å².